The van der Waals surface area contributed by atoms with Gasteiger partial charge in [0, 0.05) is 31.6 Å². The molecule has 2 fully saturated rings. The van der Waals surface area contributed by atoms with E-state index in [2.05, 4.69) is 41.4 Å². The molecule has 0 saturated carbocycles. The fraction of sp³-hybridized carbons (Fsp3) is 0.500. The van der Waals surface area contributed by atoms with Crippen LogP contribution < -0.4 is 10.2 Å². The zero-order chi connectivity index (χ0) is 14.2. The number of imide groups is 1. The summed E-state index contributed by atoms with van der Waals surface area (Å²) in [5, 5.41) is 2.41. The number of carbonyl (C=O) groups excluding carboxylic acids is 2. The Hall–Kier alpha value is -1.84. The molecule has 1 spiro atoms. The summed E-state index contributed by atoms with van der Waals surface area (Å²) in [6, 6.07) is 8.53. The van der Waals surface area contributed by atoms with Gasteiger partial charge in [-0.3, -0.25) is 14.9 Å². The third kappa shape index (κ3) is 2.55. The molecule has 1 N–H and O–H groups in total. The van der Waals surface area contributed by atoms with Crippen LogP contribution in [0.15, 0.2) is 24.3 Å². The Morgan fingerprint density at radius 3 is 2.10 bits per heavy atom. The van der Waals surface area contributed by atoms with Crippen molar-refractivity contribution in [3.05, 3.63) is 29.8 Å². The van der Waals surface area contributed by atoms with Crippen molar-refractivity contribution in [1.29, 1.82) is 0 Å². The first-order valence-corrected chi connectivity index (χ1v) is 7.21. The summed E-state index contributed by atoms with van der Waals surface area (Å²) in [7, 11) is 0. The summed E-state index contributed by atoms with van der Waals surface area (Å²) >= 11 is 0. The molecule has 4 nitrogen and oxygen atoms in total. The van der Waals surface area contributed by atoms with Crippen molar-refractivity contribution >= 4 is 17.5 Å². The molecule has 1 aromatic rings. The van der Waals surface area contributed by atoms with Gasteiger partial charge in [-0.2, -0.15) is 0 Å². The van der Waals surface area contributed by atoms with Crippen LogP contribution in [0.5, 0.6) is 0 Å². The van der Waals surface area contributed by atoms with Crippen LogP contribution in [0, 0.1) is 12.3 Å². The number of amides is 2. The normalized spacial score (nSPS) is 21.9. The summed E-state index contributed by atoms with van der Waals surface area (Å²) < 4.78 is 0. The van der Waals surface area contributed by atoms with E-state index in [1.807, 2.05) is 0 Å². The molecule has 20 heavy (non-hydrogen) atoms. The fourth-order valence-electron chi connectivity index (χ4n) is 3.34. The second-order valence-corrected chi connectivity index (χ2v) is 6.15. The molecule has 2 aliphatic rings. The summed E-state index contributed by atoms with van der Waals surface area (Å²) in [5.41, 5.74) is 2.40. The second kappa shape index (κ2) is 4.93. The molecule has 2 amide bonds. The number of aryl methyl sites for hydroxylation is 1. The highest BCUT2D eigenvalue weighted by Crippen LogP contribution is 2.41. The number of carbonyl (C=O) groups is 2. The van der Waals surface area contributed by atoms with E-state index < -0.39 is 0 Å². The van der Waals surface area contributed by atoms with Gasteiger partial charge in [0.2, 0.25) is 11.8 Å². The second-order valence-electron chi connectivity index (χ2n) is 6.15. The highest BCUT2D eigenvalue weighted by Gasteiger charge is 2.41. The molecule has 1 aromatic carbocycles. The number of rotatable bonds is 1. The van der Waals surface area contributed by atoms with Crippen molar-refractivity contribution in [3.63, 3.8) is 0 Å². The quantitative estimate of drug-likeness (QED) is 0.796. The fourth-order valence-corrected chi connectivity index (χ4v) is 3.34. The Kier molecular flexibility index (Phi) is 3.24. The van der Waals surface area contributed by atoms with E-state index in [1.54, 1.807) is 0 Å². The number of benzene rings is 1. The molecule has 2 heterocycles. The maximum Gasteiger partial charge on any atom is 0.227 e. The van der Waals surface area contributed by atoms with E-state index in [0.29, 0.717) is 12.8 Å². The van der Waals surface area contributed by atoms with Crippen molar-refractivity contribution in [2.75, 3.05) is 18.0 Å². The molecule has 3 rings (SSSR count). The molecular formula is C16H20N2O2. The Labute approximate surface area is 119 Å². The van der Waals surface area contributed by atoms with Crippen molar-refractivity contribution in [2.45, 2.75) is 32.6 Å². The third-order valence-corrected chi connectivity index (χ3v) is 4.57. The Bertz CT molecular complexity index is 510. The molecule has 2 aliphatic heterocycles. The zero-order valence-corrected chi connectivity index (χ0v) is 11.8. The standard InChI is InChI=1S/C16H20N2O2/c1-12-2-4-13(5-3-12)18-8-6-16(7-9-18)10-14(19)17-15(20)11-16/h2-5H,6-11H2,1H3,(H,17,19,20). The SMILES string of the molecule is Cc1ccc(N2CCC3(CC2)CC(=O)NC(=O)C3)cc1. The first-order valence-electron chi connectivity index (χ1n) is 7.21. The number of anilines is 1. The van der Waals surface area contributed by atoms with Gasteiger partial charge in [0.05, 0.1) is 0 Å². The minimum absolute atomic E-state index is 0.0966. The van der Waals surface area contributed by atoms with Crippen LogP contribution in [0.4, 0.5) is 5.69 Å². The van der Waals surface area contributed by atoms with E-state index >= 15 is 0 Å². The van der Waals surface area contributed by atoms with Crippen molar-refractivity contribution in [3.8, 4) is 0 Å². The highest BCUT2D eigenvalue weighted by atomic mass is 16.2. The van der Waals surface area contributed by atoms with Crippen LogP contribution in [-0.4, -0.2) is 24.9 Å². The first-order chi connectivity index (χ1) is 9.56. The Balaban J connectivity index is 1.68. The van der Waals surface area contributed by atoms with Gasteiger partial charge in [0.25, 0.3) is 0 Å². The first kappa shape index (κ1) is 13.2. The van der Waals surface area contributed by atoms with Crippen LogP contribution in [-0.2, 0) is 9.59 Å². The predicted octanol–water partition coefficient (Wildman–Crippen LogP) is 2.02. The third-order valence-electron chi connectivity index (χ3n) is 4.57. The molecule has 0 radical (unpaired) electrons. The van der Waals surface area contributed by atoms with Crippen LogP contribution in [0.25, 0.3) is 0 Å². The largest absolute Gasteiger partial charge is 0.371 e. The molecule has 0 atom stereocenters. The van der Waals surface area contributed by atoms with Gasteiger partial charge in [-0.1, -0.05) is 17.7 Å². The molecule has 0 bridgehead atoms. The number of nitrogens with zero attached hydrogens (tertiary/aromatic N) is 1. The number of nitrogens with one attached hydrogen (secondary N) is 1. The lowest BCUT2D eigenvalue weighted by atomic mass is 9.71. The van der Waals surface area contributed by atoms with E-state index in [9.17, 15) is 9.59 Å². The van der Waals surface area contributed by atoms with E-state index in [1.165, 1.54) is 11.3 Å². The minimum atomic E-state index is -0.106. The maximum absolute atomic E-state index is 11.6. The van der Waals surface area contributed by atoms with E-state index in [4.69, 9.17) is 0 Å². The topological polar surface area (TPSA) is 49.4 Å². The molecular weight excluding hydrogens is 252 g/mol. The van der Waals surface area contributed by atoms with Gasteiger partial charge in [0.1, 0.15) is 0 Å². The number of piperidine rings is 2. The van der Waals surface area contributed by atoms with Gasteiger partial charge >= 0.3 is 0 Å². The van der Waals surface area contributed by atoms with Gasteiger partial charge in [-0.15, -0.1) is 0 Å². The van der Waals surface area contributed by atoms with E-state index in [-0.39, 0.29) is 17.2 Å². The minimum Gasteiger partial charge on any atom is -0.371 e. The molecule has 0 aromatic heterocycles. The summed E-state index contributed by atoms with van der Waals surface area (Å²) in [6.07, 6.45) is 2.83. The maximum atomic E-state index is 11.6. The molecule has 2 saturated heterocycles. The predicted molar refractivity (Wildman–Crippen MR) is 77.4 cm³/mol. The van der Waals surface area contributed by atoms with Crippen LogP contribution >= 0.6 is 0 Å². The van der Waals surface area contributed by atoms with Gasteiger partial charge in [-0.25, -0.2) is 0 Å². The number of hydrogen-bond acceptors (Lipinski definition) is 3. The van der Waals surface area contributed by atoms with Gasteiger partial charge in [-0.05, 0) is 37.3 Å². The zero-order valence-electron chi connectivity index (χ0n) is 11.8. The summed E-state index contributed by atoms with van der Waals surface area (Å²) in [6.45, 7) is 3.93. The Morgan fingerprint density at radius 2 is 1.55 bits per heavy atom. The molecule has 0 unspecified atom stereocenters. The lowest BCUT2D eigenvalue weighted by Gasteiger charge is -2.43. The lowest BCUT2D eigenvalue weighted by Crippen LogP contribution is -2.50. The average molecular weight is 272 g/mol. The highest BCUT2D eigenvalue weighted by molar-refractivity contribution is 5.98. The van der Waals surface area contributed by atoms with Gasteiger partial charge in [0.15, 0.2) is 0 Å². The van der Waals surface area contributed by atoms with Crippen molar-refractivity contribution in [2.24, 2.45) is 5.41 Å². The van der Waals surface area contributed by atoms with E-state index in [0.717, 1.165) is 25.9 Å². The molecule has 4 heteroatoms. The van der Waals surface area contributed by atoms with Crippen LogP contribution in [0.1, 0.15) is 31.2 Å². The average Bonchev–Trinajstić information content (AvgIpc) is 2.39. The smallest absolute Gasteiger partial charge is 0.227 e. The summed E-state index contributed by atoms with van der Waals surface area (Å²) in [5.74, 6) is -0.213. The molecule has 0 aliphatic carbocycles. The molecule has 106 valence electrons. The van der Waals surface area contributed by atoms with Crippen molar-refractivity contribution < 1.29 is 9.59 Å². The Morgan fingerprint density at radius 1 is 1.00 bits per heavy atom. The number of hydrogen-bond donors (Lipinski definition) is 1. The van der Waals surface area contributed by atoms with Gasteiger partial charge < -0.3 is 4.90 Å². The van der Waals surface area contributed by atoms with Crippen LogP contribution in [0.3, 0.4) is 0 Å². The van der Waals surface area contributed by atoms with Crippen molar-refractivity contribution in [1.82, 2.24) is 5.32 Å². The van der Waals surface area contributed by atoms with Crippen LogP contribution in [0.2, 0.25) is 0 Å². The monoisotopic (exact) mass is 272 g/mol. The summed E-state index contributed by atoms with van der Waals surface area (Å²) in [4.78, 5) is 25.5. The lowest BCUT2D eigenvalue weighted by molar-refractivity contribution is -0.138.